The molecule has 3 nitrogen and oxygen atoms in total. The Balaban J connectivity index is 2.62. The summed E-state index contributed by atoms with van der Waals surface area (Å²) < 4.78 is 25.0. The summed E-state index contributed by atoms with van der Waals surface area (Å²) in [4.78, 5) is 0.430. The number of hydrogen-bond acceptors (Lipinski definition) is 3. The van der Waals surface area contributed by atoms with Gasteiger partial charge in [-0.3, -0.25) is 0 Å². The lowest BCUT2D eigenvalue weighted by atomic mass is 10.1. The third kappa shape index (κ3) is 1.62. The Hall–Kier alpha value is -0.390. The van der Waals surface area contributed by atoms with Crippen molar-refractivity contribution in [2.75, 3.05) is 0 Å². The SMILES string of the molecule is CC(N)C1Cc2c(Br)cccc2S1(=O)=O. The molecule has 1 aromatic rings. The molecule has 0 saturated carbocycles. The van der Waals surface area contributed by atoms with E-state index in [9.17, 15) is 8.42 Å². The summed E-state index contributed by atoms with van der Waals surface area (Å²) in [7, 11) is -3.22. The van der Waals surface area contributed by atoms with Crippen LogP contribution in [0.4, 0.5) is 0 Å². The zero-order valence-corrected chi connectivity index (χ0v) is 10.7. The Morgan fingerprint density at radius 3 is 2.73 bits per heavy atom. The van der Waals surface area contributed by atoms with Crippen LogP contribution in [0.5, 0.6) is 0 Å². The molecule has 2 rings (SSSR count). The van der Waals surface area contributed by atoms with Crippen LogP contribution in [0.2, 0.25) is 0 Å². The molecule has 2 unspecified atom stereocenters. The molecule has 1 heterocycles. The summed E-state index contributed by atoms with van der Waals surface area (Å²) in [5, 5.41) is -0.480. The zero-order valence-electron chi connectivity index (χ0n) is 8.27. The van der Waals surface area contributed by atoms with Crippen molar-refractivity contribution >= 4 is 25.8 Å². The fourth-order valence-electron chi connectivity index (χ4n) is 1.95. The molecule has 0 aromatic heterocycles. The number of hydrogen-bond donors (Lipinski definition) is 1. The van der Waals surface area contributed by atoms with Gasteiger partial charge in [-0.15, -0.1) is 0 Å². The highest BCUT2D eigenvalue weighted by Gasteiger charge is 2.39. The molecule has 0 amide bonds. The molecule has 0 bridgehead atoms. The molecule has 2 N–H and O–H groups in total. The lowest BCUT2D eigenvalue weighted by molar-refractivity contribution is 0.569. The summed E-state index contributed by atoms with van der Waals surface area (Å²) in [5.41, 5.74) is 6.57. The molecule has 0 spiro atoms. The molecule has 5 heteroatoms. The summed E-state index contributed by atoms with van der Waals surface area (Å²) in [5.74, 6) is 0. The third-order valence-electron chi connectivity index (χ3n) is 2.77. The topological polar surface area (TPSA) is 60.2 Å². The van der Waals surface area contributed by atoms with Gasteiger partial charge in [0.05, 0.1) is 10.1 Å². The largest absolute Gasteiger partial charge is 0.327 e. The van der Waals surface area contributed by atoms with E-state index in [1.165, 1.54) is 0 Å². The van der Waals surface area contributed by atoms with E-state index in [0.717, 1.165) is 10.0 Å². The smallest absolute Gasteiger partial charge is 0.183 e. The summed E-state index contributed by atoms with van der Waals surface area (Å²) in [6.07, 6.45) is 0.511. The highest BCUT2D eigenvalue weighted by Crippen LogP contribution is 2.36. The quantitative estimate of drug-likeness (QED) is 0.852. The van der Waals surface area contributed by atoms with Crippen LogP contribution in [0.15, 0.2) is 27.6 Å². The fraction of sp³-hybridized carbons (Fsp3) is 0.400. The standard InChI is InChI=1S/C10H12BrNO2S/c1-6(12)10-5-7-8(11)3-2-4-9(7)15(10,13)14/h2-4,6,10H,5,12H2,1H3. The van der Waals surface area contributed by atoms with E-state index in [0.29, 0.717) is 11.3 Å². The first-order valence-electron chi connectivity index (χ1n) is 4.71. The van der Waals surface area contributed by atoms with Crippen LogP contribution in [0.3, 0.4) is 0 Å². The lowest BCUT2D eigenvalue weighted by Crippen LogP contribution is -2.36. The Morgan fingerprint density at radius 1 is 1.53 bits per heavy atom. The van der Waals surface area contributed by atoms with Crippen LogP contribution in [0, 0.1) is 0 Å². The van der Waals surface area contributed by atoms with E-state index >= 15 is 0 Å². The molecule has 1 aromatic carbocycles. The monoisotopic (exact) mass is 289 g/mol. The van der Waals surface area contributed by atoms with Gasteiger partial charge in [0.15, 0.2) is 9.84 Å². The Kier molecular flexibility index (Phi) is 2.65. The number of rotatable bonds is 1. The van der Waals surface area contributed by atoms with E-state index < -0.39 is 15.1 Å². The summed E-state index contributed by atoms with van der Waals surface area (Å²) in [6.45, 7) is 1.74. The van der Waals surface area contributed by atoms with Crippen LogP contribution in [-0.2, 0) is 16.3 Å². The van der Waals surface area contributed by atoms with Gasteiger partial charge < -0.3 is 5.73 Å². The third-order valence-corrected chi connectivity index (χ3v) is 5.90. The van der Waals surface area contributed by atoms with Crippen LogP contribution < -0.4 is 5.73 Å². The normalized spacial score (nSPS) is 24.9. The van der Waals surface area contributed by atoms with Crippen molar-refractivity contribution in [1.29, 1.82) is 0 Å². The second-order valence-electron chi connectivity index (χ2n) is 3.86. The van der Waals surface area contributed by atoms with Crippen LogP contribution in [-0.4, -0.2) is 19.7 Å². The van der Waals surface area contributed by atoms with E-state index in [2.05, 4.69) is 15.9 Å². The predicted molar refractivity (Wildman–Crippen MR) is 62.5 cm³/mol. The van der Waals surface area contributed by atoms with Gasteiger partial charge in [0.2, 0.25) is 0 Å². The average Bonchev–Trinajstić information content (AvgIpc) is 2.40. The van der Waals surface area contributed by atoms with Crippen LogP contribution >= 0.6 is 15.9 Å². The highest BCUT2D eigenvalue weighted by molar-refractivity contribution is 9.10. The van der Waals surface area contributed by atoms with Gasteiger partial charge in [-0.2, -0.15) is 0 Å². The van der Waals surface area contributed by atoms with Crippen molar-refractivity contribution in [2.24, 2.45) is 5.73 Å². The van der Waals surface area contributed by atoms with Crippen molar-refractivity contribution in [3.63, 3.8) is 0 Å². The molecule has 0 saturated heterocycles. The summed E-state index contributed by atoms with van der Waals surface area (Å²) >= 11 is 3.37. The van der Waals surface area contributed by atoms with E-state index in [4.69, 9.17) is 5.73 Å². The maximum Gasteiger partial charge on any atom is 0.183 e. The maximum absolute atomic E-state index is 12.1. The van der Waals surface area contributed by atoms with E-state index in [-0.39, 0.29) is 6.04 Å². The molecular weight excluding hydrogens is 278 g/mol. The number of halogens is 1. The summed E-state index contributed by atoms with van der Waals surface area (Å²) in [6, 6.07) is 4.91. The predicted octanol–water partition coefficient (Wildman–Crippen LogP) is 1.49. The van der Waals surface area contributed by atoms with Gasteiger partial charge in [-0.05, 0) is 31.0 Å². The van der Waals surface area contributed by atoms with Gasteiger partial charge in [0, 0.05) is 10.5 Å². The minimum Gasteiger partial charge on any atom is -0.327 e. The van der Waals surface area contributed by atoms with Gasteiger partial charge in [-0.25, -0.2) is 8.42 Å². The minimum absolute atomic E-state index is 0.339. The number of fused-ring (bicyclic) bond motifs is 1. The molecule has 1 aliphatic rings. The van der Waals surface area contributed by atoms with Crippen molar-refractivity contribution in [2.45, 2.75) is 29.5 Å². The number of benzene rings is 1. The number of nitrogens with two attached hydrogens (primary N) is 1. The Morgan fingerprint density at radius 2 is 2.20 bits per heavy atom. The molecule has 82 valence electrons. The minimum atomic E-state index is -3.22. The molecule has 2 atom stereocenters. The number of sulfone groups is 1. The van der Waals surface area contributed by atoms with E-state index in [1.807, 2.05) is 6.07 Å². The molecule has 15 heavy (non-hydrogen) atoms. The lowest BCUT2D eigenvalue weighted by Gasteiger charge is -2.12. The molecule has 0 fully saturated rings. The maximum atomic E-state index is 12.1. The second kappa shape index (κ2) is 3.57. The Labute approximate surface area is 97.7 Å². The zero-order chi connectivity index (χ0) is 11.2. The van der Waals surface area contributed by atoms with Crippen LogP contribution in [0.25, 0.3) is 0 Å². The van der Waals surface area contributed by atoms with Crippen LogP contribution in [0.1, 0.15) is 12.5 Å². The van der Waals surface area contributed by atoms with Gasteiger partial charge >= 0.3 is 0 Å². The molecular formula is C10H12BrNO2S. The first-order valence-corrected chi connectivity index (χ1v) is 7.05. The van der Waals surface area contributed by atoms with Crippen molar-refractivity contribution < 1.29 is 8.42 Å². The molecule has 0 aliphatic carbocycles. The first-order chi connectivity index (χ1) is 6.94. The molecule has 1 aliphatic heterocycles. The highest BCUT2D eigenvalue weighted by atomic mass is 79.9. The first kappa shape index (κ1) is 11.1. The Bertz CT molecular complexity index is 496. The van der Waals surface area contributed by atoms with E-state index in [1.54, 1.807) is 19.1 Å². The van der Waals surface area contributed by atoms with Crippen molar-refractivity contribution in [1.82, 2.24) is 0 Å². The van der Waals surface area contributed by atoms with Crippen molar-refractivity contribution in [3.8, 4) is 0 Å². The molecule has 0 radical (unpaired) electrons. The van der Waals surface area contributed by atoms with Gasteiger partial charge in [-0.1, -0.05) is 22.0 Å². The van der Waals surface area contributed by atoms with Gasteiger partial charge in [0.1, 0.15) is 0 Å². The second-order valence-corrected chi connectivity index (χ2v) is 6.85. The van der Waals surface area contributed by atoms with Gasteiger partial charge in [0.25, 0.3) is 0 Å². The average molecular weight is 290 g/mol. The van der Waals surface area contributed by atoms with Crippen molar-refractivity contribution in [3.05, 3.63) is 28.2 Å². The fourth-order valence-corrected chi connectivity index (χ4v) is 4.69.